The maximum Gasteiger partial charge on any atom is 0.339 e. The molecule has 0 unspecified atom stereocenters. The van der Waals surface area contributed by atoms with Crippen LogP contribution >= 0.6 is 11.6 Å². The molecule has 0 spiro atoms. The van der Waals surface area contributed by atoms with E-state index in [4.69, 9.17) is 21.1 Å². The van der Waals surface area contributed by atoms with Crippen molar-refractivity contribution in [1.82, 2.24) is 4.90 Å². The first-order valence-electron chi connectivity index (χ1n) is 7.42. The molecule has 1 aromatic heterocycles. The van der Waals surface area contributed by atoms with Gasteiger partial charge in [-0.1, -0.05) is 30.7 Å². The van der Waals surface area contributed by atoms with Gasteiger partial charge in [0.25, 0.3) is 5.91 Å². The van der Waals surface area contributed by atoms with Crippen LogP contribution in [0.2, 0.25) is 5.02 Å². The summed E-state index contributed by atoms with van der Waals surface area (Å²) in [4.78, 5) is 25.5. The average molecular weight is 334 g/mol. The number of halogens is 1. The highest BCUT2D eigenvalue weighted by atomic mass is 35.5. The van der Waals surface area contributed by atoms with Gasteiger partial charge >= 0.3 is 5.97 Å². The number of rotatable bonds is 3. The molecule has 2 heterocycles. The predicted octanol–water partition coefficient (Wildman–Crippen LogP) is 3.39. The molecule has 0 fully saturated rings. The number of carbonyl (C=O) groups is 2. The van der Waals surface area contributed by atoms with Crippen LogP contribution in [0.4, 0.5) is 0 Å². The van der Waals surface area contributed by atoms with Crippen LogP contribution in [-0.2, 0) is 19.4 Å². The summed E-state index contributed by atoms with van der Waals surface area (Å²) in [6, 6.07) is 6.97. The number of fused-ring (bicyclic) bond motifs is 1. The summed E-state index contributed by atoms with van der Waals surface area (Å²) in [5.41, 5.74) is 2.13. The van der Waals surface area contributed by atoms with Crippen LogP contribution in [0.1, 0.15) is 44.7 Å². The molecule has 0 aliphatic carbocycles. The SMILES string of the molecule is CCc1oc(C(=O)N2CCc3c(Cl)cccc3C2)cc1C(=O)O. The summed E-state index contributed by atoms with van der Waals surface area (Å²) < 4.78 is 5.45. The van der Waals surface area contributed by atoms with Crippen molar-refractivity contribution in [3.05, 3.63) is 57.5 Å². The Morgan fingerprint density at radius 1 is 1.39 bits per heavy atom. The van der Waals surface area contributed by atoms with E-state index < -0.39 is 5.97 Å². The van der Waals surface area contributed by atoms with E-state index in [1.165, 1.54) is 6.07 Å². The molecule has 0 saturated heterocycles. The topological polar surface area (TPSA) is 70.8 Å². The zero-order chi connectivity index (χ0) is 16.6. The molecular weight excluding hydrogens is 318 g/mol. The van der Waals surface area contributed by atoms with Gasteiger partial charge in [-0.25, -0.2) is 4.79 Å². The second-order valence-corrected chi connectivity index (χ2v) is 5.87. The van der Waals surface area contributed by atoms with Gasteiger partial charge in [-0.15, -0.1) is 0 Å². The molecule has 1 aromatic carbocycles. The number of benzene rings is 1. The lowest BCUT2D eigenvalue weighted by molar-refractivity contribution is 0.0687. The van der Waals surface area contributed by atoms with Gasteiger partial charge in [0.1, 0.15) is 11.3 Å². The standard InChI is InChI=1S/C17H16ClNO4/c1-2-14-12(17(21)22)8-15(23-14)16(20)19-7-6-11-10(9-19)4-3-5-13(11)18/h3-5,8H,2,6-7,9H2,1H3,(H,21,22). The van der Waals surface area contributed by atoms with Crippen LogP contribution in [0.15, 0.2) is 28.7 Å². The highest BCUT2D eigenvalue weighted by Crippen LogP contribution is 2.27. The number of amides is 1. The predicted molar refractivity (Wildman–Crippen MR) is 84.9 cm³/mol. The Kier molecular flexibility index (Phi) is 4.13. The monoisotopic (exact) mass is 333 g/mol. The fourth-order valence-corrected chi connectivity index (χ4v) is 3.16. The van der Waals surface area contributed by atoms with E-state index in [1.54, 1.807) is 11.8 Å². The lowest BCUT2D eigenvalue weighted by atomic mass is 9.99. The third-order valence-electron chi connectivity index (χ3n) is 4.07. The molecule has 23 heavy (non-hydrogen) atoms. The second kappa shape index (κ2) is 6.08. The molecule has 1 N–H and O–H groups in total. The van der Waals surface area contributed by atoms with Crippen molar-refractivity contribution < 1.29 is 19.1 Å². The van der Waals surface area contributed by atoms with Crippen molar-refractivity contribution in [2.75, 3.05) is 6.54 Å². The van der Waals surface area contributed by atoms with E-state index in [1.807, 2.05) is 18.2 Å². The van der Waals surface area contributed by atoms with Crippen LogP contribution in [0.3, 0.4) is 0 Å². The van der Waals surface area contributed by atoms with Gasteiger partial charge in [-0.2, -0.15) is 0 Å². The largest absolute Gasteiger partial charge is 0.478 e. The molecule has 2 aromatic rings. The Hall–Kier alpha value is -2.27. The quantitative estimate of drug-likeness (QED) is 0.934. The summed E-state index contributed by atoms with van der Waals surface area (Å²) in [6.07, 6.45) is 1.10. The molecule has 0 bridgehead atoms. The molecule has 1 amide bonds. The highest BCUT2D eigenvalue weighted by molar-refractivity contribution is 6.31. The minimum Gasteiger partial charge on any atom is -0.478 e. The molecule has 6 heteroatoms. The number of aryl methyl sites for hydroxylation is 1. The summed E-state index contributed by atoms with van der Waals surface area (Å²) in [6.45, 7) is 2.76. The summed E-state index contributed by atoms with van der Waals surface area (Å²) >= 11 is 6.18. The second-order valence-electron chi connectivity index (χ2n) is 5.46. The Morgan fingerprint density at radius 3 is 2.83 bits per heavy atom. The van der Waals surface area contributed by atoms with E-state index >= 15 is 0 Å². The number of carboxylic acid groups (broad SMARTS) is 1. The molecule has 120 valence electrons. The lowest BCUT2D eigenvalue weighted by Crippen LogP contribution is -2.35. The Morgan fingerprint density at radius 2 is 2.17 bits per heavy atom. The van der Waals surface area contributed by atoms with Crippen molar-refractivity contribution in [3.8, 4) is 0 Å². The van der Waals surface area contributed by atoms with Crippen molar-refractivity contribution in [3.63, 3.8) is 0 Å². The van der Waals surface area contributed by atoms with Crippen molar-refractivity contribution >= 4 is 23.5 Å². The highest BCUT2D eigenvalue weighted by Gasteiger charge is 2.27. The van der Waals surface area contributed by atoms with E-state index in [0.29, 0.717) is 36.7 Å². The number of aromatic carboxylic acids is 1. The molecule has 0 radical (unpaired) electrons. The minimum atomic E-state index is -1.08. The molecule has 1 aliphatic rings. The van der Waals surface area contributed by atoms with Crippen LogP contribution in [0, 0.1) is 0 Å². The molecule has 1 aliphatic heterocycles. The van der Waals surface area contributed by atoms with Crippen LogP contribution in [-0.4, -0.2) is 28.4 Å². The molecule has 5 nitrogen and oxygen atoms in total. The molecule has 3 rings (SSSR count). The van der Waals surface area contributed by atoms with Crippen LogP contribution < -0.4 is 0 Å². The Balaban J connectivity index is 1.86. The zero-order valence-corrected chi connectivity index (χ0v) is 13.4. The fourth-order valence-electron chi connectivity index (χ4n) is 2.87. The molecule has 0 atom stereocenters. The normalized spacial score (nSPS) is 13.7. The lowest BCUT2D eigenvalue weighted by Gasteiger charge is -2.28. The van der Waals surface area contributed by atoms with Crippen molar-refractivity contribution in [2.24, 2.45) is 0 Å². The van der Waals surface area contributed by atoms with E-state index in [9.17, 15) is 9.59 Å². The van der Waals surface area contributed by atoms with Crippen LogP contribution in [0.25, 0.3) is 0 Å². The number of nitrogens with zero attached hydrogens (tertiary/aromatic N) is 1. The number of carbonyl (C=O) groups excluding carboxylic acids is 1. The summed E-state index contributed by atoms with van der Waals surface area (Å²) in [7, 11) is 0. The van der Waals surface area contributed by atoms with E-state index in [0.717, 1.165) is 11.1 Å². The van der Waals surface area contributed by atoms with Crippen molar-refractivity contribution in [2.45, 2.75) is 26.3 Å². The minimum absolute atomic E-state index is 0.0521. The summed E-state index contributed by atoms with van der Waals surface area (Å²) in [5.74, 6) is -0.982. The third-order valence-corrected chi connectivity index (χ3v) is 4.42. The number of carboxylic acids is 1. The number of hydrogen-bond donors (Lipinski definition) is 1. The maximum absolute atomic E-state index is 12.6. The van der Waals surface area contributed by atoms with Crippen LogP contribution in [0.5, 0.6) is 0 Å². The number of hydrogen-bond acceptors (Lipinski definition) is 3. The van der Waals surface area contributed by atoms with Gasteiger partial charge in [0.2, 0.25) is 0 Å². The van der Waals surface area contributed by atoms with Gasteiger partial charge in [0, 0.05) is 30.6 Å². The fraction of sp³-hybridized carbons (Fsp3) is 0.294. The molecule has 0 saturated carbocycles. The first kappa shape index (κ1) is 15.6. The smallest absolute Gasteiger partial charge is 0.339 e. The molecular formula is C17H16ClNO4. The van der Waals surface area contributed by atoms with Crippen molar-refractivity contribution in [1.29, 1.82) is 0 Å². The third kappa shape index (κ3) is 2.84. The summed E-state index contributed by atoms with van der Waals surface area (Å²) in [5, 5.41) is 9.88. The number of furan rings is 1. The Labute approximate surface area is 138 Å². The van der Waals surface area contributed by atoms with Gasteiger partial charge in [0.15, 0.2) is 5.76 Å². The van der Waals surface area contributed by atoms with Gasteiger partial charge in [0.05, 0.1) is 0 Å². The van der Waals surface area contributed by atoms with Gasteiger partial charge in [-0.3, -0.25) is 4.79 Å². The zero-order valence-electron chi connectivity index (χ0n) is 12.6. The Bertz CT molecular complexity index is 781. The first-order valence-corrected chi connectivity index (χ1v) is 7.80. The van der Waals surface area contributed by atoms with E-state index in [2.05, 4.69) is 0 Å². The maximum atomic E-state index is 12.6. The first-order chi connectivity index (χ1) is 11.0. The van der Waals surface area contributed by atoms with Gasteiger partial charge < -0.3 is 14.4 Å². The van der Waals surface area contributed by atoms with Gasteiger partial charge in [-0.05, 0) is 23.6 Å². The van der Waals surface area contributed by atoms with E-state index in [-0.39, 0.29) is 17.2 Å². The average Bonchev–Trinajstić information content (AvgIpc) is 2.98.